The number of hydrogen-bond acceptors (Lipinski definition) is 3. The minimum Gasteiger partial charge on any atom is -0.391 e. The fourth-order valence-corrected chi connectivity index (χ4v) is 1.87. The van der Waals surface area contributed by atoms with Crippen molar-refractivity contribution < 1.29 is 9.90 Å². The zero-order valence-electron chi connectivity index (χ0n) is 9.45. The third kappa shape index (κ3) is 2.07. The van der Waals surface area contributed by atoms with E-state index < -0.39 is 11.6 Å². The maximum atomic E-state index is 11.8. The van der Waals surface area contributed by atoms with Crippen molar-refractivity contribution in [1.29, 1.82) is 0 Å². The van der Waals surface area contributed by atoms with Crippen molar-refractivity contribution in [3.05, 3.63) is 0 Å². The van der Waals surface area contributed by atoms with E-state index in [-0.39, 0.29) is 5.91 Å². The molecule has 0 aromatic carbocycles. The van der Waals surface area contributed by atoms with Crippen molar-refractivity contribution in [2.75, 3.05) is 27.2 Å². The Kier molecular flexibility index (Phi) is 3.17. The van der Waals surface area contributed by atoms with E-state index in [1.807, 2.05) is 32.8 Å². The monoisotopic (exact) mass is 200 g/mol. The molecule has 1 aliphatic rings. The maximum absolute atomic E-state index is 11.8. The van der Waals surface area contributed by atoms with E-state index in [0.29, 0.717) is 19.5 Å². The molecule has 1 amide bonds. The second kappa shape index (κ2) is 3.87. The average molecular weight is 200 g/mol. The minimum atomic E-state index is -0.410. The summed E-state index contributed by atoms with van der Waals surface area (Å²) in [6.45, 7) is 4.91. The smallest absolute Gasteiger partial charge is 0.237 e. The number of hydrogen-bond donors (Lipinski definition) is 1. The lowest BCUT2D eigenvalue weighted by Crippen LogP contribution is -2.50. The summed E-state index contributed by atoms with van der Waals surface area (Å²) in [5.41, 5.74) is -0.410. The Morgan fingerprint density at radius 3 is 2.50 bits per heavy atom. The van der Waals surface area contributed by atoms with Crippen LogP contribution in [0.4, 0.5) is 0 Å². The van der Waals surface area contributed by atoms with Crippen LogP contribution in [0.5, 0.6) is 0 Å². The zero-order valence-corrected chi connectivity index (χ0v) is 9.45. The van der Waals surface area contributed by atoms with Gasteiger partial charge >= 0.3 is 0 Å². The van der Waals surface area contributed by atoms with Gasteiger partial charge in [-0.25, -0.2) is 0 Å². The van der Waals surface area contributed by atoms with Crippen LogP contribution in [0.15, 0.2) is 0 Å². The van der Waals surface area contributed by atoms with Crippen LogP contribution >= 0.6 is 0 Å². The van der Waals surface area contributed by atoms with Gasteiger partial charge < -0.3 is 14.9 Å². The molecule has 1 unspecified atom stereocenters. The van der Waals surface area contributed by atoms with Gasteiger partial charge in [0.2, 0.25) is 5.91 Å². The standard InChI is InChI=1S/C10H20N2O2/c1-10(2)8(13)5-6-12(10)9(14)7-11(3)4/h8,13H,5-7H2,1-4H3. The van der Waals surface area contributed by atoms with E-state index in [2.05, 4.69) is 0 Å². The number of carbonyl (C=O) groups is 1. The van der Waals surface area contributed by atoms with Gasteiger partial charge in [-0.3, -0.25) is 4.79 Å². The molecule has 0 saturated carbocycles. The molecule has 0 aliphatic carbocycles. The van der Waals surface area contributed by atoms with Gasteiger partial charge in [-0.2, -0.15) is 0 Å². The molecular formula is C10H20N2O2. The third-order valence-electron chi connectivity index (χ3n) is 2.89. The summed E-state index contributed by atoms with van der Waals surface area (Å²) in [4.78, 5) is 15.4. The first-order valence-corrected chi connectivity index (χ1v) is 4.99. The number of carbonyl (C=O) groups excluding carboxylic acids is 1. The Balaban J connectivity index is 2.65. The minimum absolute atomic E-state index is 0.0940. The van der Waals surface area contributed by atoms with Gasteiger partial charge in [0.25, 0.3) is 0 Å². The average Bonchev–Trinajstić information content (AvgIpc) is 2.26. The van der Waals surface area contributed by atoms with Gasteiger partial charge in [-0.15, -0.1) is 0 Å². The number of aliphatic hydroxyl groups excluding tert-OH is 1. The van der Waals surface area contributed by atoms with Gasteiger partial charge in [0.1, 0.15) is 0 Å². The molecule has 1 rings (SSSR count). The molecule has 1 aliphatic heterocycles. The molecule has 0 radical (unpaired) electrons. The van der Waals surface area contributed by atoms with Crippen molar-refractivity contribution in [1.82, 2.24) is 9.80 Å². The Labute approximate surface area is 85.5 Å². The Morgan fingerprint density at radius 2 is 2.14 bits per heavy atom. The summed E-state index contributed by atoms with van der Waals surface area (Å²) < 4.78 is 0. The molecule has 1 saturated heterocycles. The molecule has 1 N–H and O–H groups in total. The van der Waals surface area contributed by atoms with Crippen LogP contribution in [-0.4, -0.2) is 59.6 Å². The van der Waals surface area contributed by atoms with Crippen molar-refractivity contribution in [3.8, 4) is 0 Å². The van der Waals surface area contributed by atoms with Crippen molar-refractivity contribution in [2.45, 2.75) is 31.9 Å². The van der Waals surface area contributed by atoms with Crippen LogP contribution < -0.4 is 0 Å². The fraction of sp³-hybridized carbons (Fsp3) is 0.900. The first-order valence-electron chi connectivity index (χ1n) is 4.99. The van der Waals surface area contributed by atoms with Gasteiger partial charge in [0.05, 0.1) is 18.2 Å². The summed E-state index contributed by atoms with van der Waals surface area (Å²) >= 11 is 0. The molecule has 4 nitrogen and oxygen atoms in total. The lowest BCUT2D eigenvalue weighted by molar-refractivity contribution is -0.136. The summed E-state index contributed by atoms with van der Waals surface area (Å²) in [5, 5.41) is 9.70. The van der Waals surface area contributed by atoms with Gasteiger partial charge in [-0.1, -0.05) is 0 Å². The molecule has 0 aromatic rings. The van der Waals surface area contributed by atoms with Crippen LogP contribution in [0, 0.1) is 0 Å². The topological polar surface area (TPSA) is 43.8 Å². The molecule has 0 spiro atoms. The van der Waals surface area contributed by atoms with E-state index in [1.165, 1.54) is 0 Å². The highest BCUT2D eigenvalue weighted by molar-refractivity contribution is 5.79. The number of rotatable bonds is 2. The summed E-state index contributed by atoms with van der Waals surface area (Å²) in [7, 11) is 3.74. The van der Waals surface area contributed by atoms with E-state index in [0.717, 1.165) is 0 Å². The van der Waals surface area contributed by atoms with Crippen molar-refractivity contribution >= 4 is 5.91 Å². The zero-order chi connectivity index (χ0) is 10.9. The van der Waals surface area contributed by atoms with Crippen LogP contribution in [0.3, 0.4) is 0 Å². The van der Waals surface area contributed by atoms with E-state index >= 15 is 0 Å². The van der Waals surface area contributed by atoms with E-state index in [9.17, 15) is 9.90 Å². The molecule has 4 heteroatoms. The number of aliphatic hydroxyl groups is 1. The highest BCUT2D eigenvalue weighted by atomic mass is 16.3. The largest absolute Gasteiger partial charge is 0.391 e. The fourth-order valence-electron chi connectivity index (χ4n) is 1.87. The lowest BCUT2D eigenvalue weighted by Gasteiger charge is -2.34. The van der Waals surface area contributed by atoms with Crippen LogP contribution in [0.2, 0.25) is 0 Å². The van der Waals surface area contributed by atoms with Crippen LogP contribution in [0.25, 0.3) is 0 Å². The van der Waals surface area contributed by atoms with Crippen molar-refractivity contribution in [3.63, 3.8) is 0 Å². The van der Waals surface area contributed by atoms with Crippen LogP contribution in [-0.2, 0) is 4.79 Å². The highest BCUT2D eigenvalue weighted by Gasteiger charge is 2.42. The lowest BCUT2D eigenvalue weighted by atomic mass is 9.99. The van der Waals surface area contributed by atoms with Crippen LogP contribution in [0.1, 0.15) is 20.3 Å². The number of nitrogens with zero attached hydrogens (tertiary/aromatic N) is 2. The number of likely N-dealkylation sites (tertiary alicyclic amines) is 1. The maximum Gasteiger partial charge on any atom is 0.237 e. The molecule has 82 valence electrons. The first kappa shape index (κ1) is 11.5. The van der Waals surface area contributed by atoms with E-state index in [1.54, 1.807) is 4.90 Å². The second-order valence-corrected chi connectivity index (χ2v) is 4.74. The molecular weight excluding hydrogens is 180 g/mol. The predicted octanol–water partition coefficient (Wildman–Crippen LogP) is -0.0802. The SMILES string of the molecule is CN(C)CC(=O)N1CCC(O)C1(C)C. The summed E-state index contributed by atoms with van der Waals surface area (Å²) in [6, 6.07) is 0. The molecule has 0 aromatic heterocycles. The number of likely N-dealkylation sites (N-methyl/N-ethyl adjacent to an activating group) is 1. The summed E-state index contributed by atoms with van der Waals surface area (Å²) in [6.07, 6.45) is 0.292. The molecule has 14 heavy (non-hydrogen) atoms. The van der Waals surface area contributed by atoms with Crippen molar-refractivity contribution in [2.24, 2.45) is 0 Å². The molecule has 1 fully saturated rings. The third-order valence-corrected chi connectivity index (χ3v) is 2.89. The highest BCUT2D eigenvalue weighted by Crippen LogP contribution is 2.28. The Bertz CT molecular complexity index is 226. The second-order valence-electron chi connectivity index (χ2n) is 4.74. The van der Waals surface area contributed by atoms with E-state index in [4.69, 9.17) is 0 Å². The normalized spacial score (nSPS) is 25.9. The Morgan fingerprint density at radius 1 is 1.57 bits per heavy atom. The first-order chi connectivity index (χ1) is 6.35. The Hall–Kier alpha value is -0.610. The quantitative estimate of drug-likeness (QED) is 0.678. The molecule has 1 heterocycles. The summed E-state index contributed by atoms with van der Waals surface area (Å²) in [5.74, 6) is 0.0940. The molecule has 0 bridgehead atoms. The number of amides is 1. The molecule has 1 atom stereocenters. The predicted molar refractivity (Wildman–Crippen MR) is 55.0 cm³/mol. The van der Waals surface area contributed by atoms with Gasteiger partial charge in [0, 0.05) is 6.54 Å². The van der Waals surface area contributed by atoms with Gasteiger partial charge in [0.15, 0.2) is 0 Å². The van der Waals surface area contributed by atoms with Gasteiger partial charge in [-0.05, 0) is 34.4 Å².